The third-order valence-electron chi connectivity index (χ3n) is 4.74. The smallest absolute Gasteiger partial charge is 0.249 e. The fourth-order valence-electron chi connectivity index (χ4n) is 3.28. The Bertz CT molecular complexity index is 378. The molecule has 1 aliphatic carbocycles. The summed E-state index contributed by atoms with van der Waals surface area (Å²) in [6.07, 6.45) is 5.03. The van der Waals surface area contributed by atoms with Crippen LogP contribution in [0.1, 0.15) is 59.8 Å². The summed E-state index contributed by atoms with van der Waals surface area (Å²) in [5.74, 6) is 0.462. The first kappa shape index (κ1) is 14.4. The second-order valence-corrected chi connectivity index (χ2v) is 6.21. The first-order valence-electron chi connectivity index (χ1n) is 7.60. The molecule has 19 heavy (non-hydrogen) atoms. The summed E-state index contributed by atoms with van der Waals surface area (Å²) in [6, 6.07) is -0.146. The number of hydrogen-bond donors (Lipinski definition) is 1. The molecule has 2 amide bonds. The summed E-state index contributed by atoms with van der Waals surface area (Å²) in [5, 5.41) is 2.98. The summed E-state index contributed by atoms with van der Waals surface area (Å²) in [5.41, 5.74) is -0.662. The summed E-state index contributed by atoms with van der Waals surface area (Å²) < 4.78 is 0. The molecule has 0 spiro atoms. The van der Waals surface area contributed by atoms with Crippen molar-refractivity contribution in [1.82, 2.24) is 10.2 Å². The van der Waals surface area contributed by atoms with Gasteiger partial charge < -0.3 is 10.2 Å². The van der Waals surface area contributed by atoms with Crippen molar-refractivity contribution in [2.75, 3.05) is 0 Å². The number of hydrogen-bond acceptors (Lipinski definition) is 2. The zero-order valence-electron chi connectivity index (χ0n) is 12.5. The maximum absolute atomic E-state index is 12.9. The van der Waals surface area contributed by atoms with Gasteiger partial charge in [0, 0.05) is 6.04 Å². The molecule has 1 saturated heterocycles. The molecule has 2 fully saturated rings. The van der Waals surface area contributed by atoms with E-state index in [1.165, 1.54) is 0 Å². The minimum atomic E-state index is -0.662. The summed E-state index contributed by atoms with van der Waals surface area (Å²) >= 11 is 0. The van der Waals surface area contributed by atoms with Gasteiger partial charge in [-0.15, -0.1) is 0 Å². The zero-order valence-corrected chi connectivity index (χ0v) is 12.5. The van der Waals surface area contributed by atoms with Crippen LogP contribution >= 0.6 is 0 Å². The van der Waals surface area contributed by atoms with Crippen LogP contribution < -0.4 is 5.32 Å². The second-order valence-electron chi connectivity index (χ2n) is 6.21. The topological polar surface area (TPSA) is 49.4 Å². The molecule has 0 radical (unpaired) electrons. The van der Waals surface area contributed by atoms with Crippen LogP contribution in [0.3, 0.4) is 0 Å². The van der Waals surface area contributed by atoms with E-state index in [-0.39, 0.29) is 23.9 Å². The maximum atomic E-state index is 12.9. The monoisotopic (exact) mass is 266 g/mol. The van der Waals surface area contributed by atoms with Crippen LogP contribution in [0.25, 0.3) is 0 Å². The average molecular weight is 266 g/mol. The highest BCUT2D eigenvalue weighted by atomic mass is 16.2. The fraction of sp³-hybridized carbons (Fsp3) is 0.867. The first-order valence-corrected chi connectivity index (χ1v) is 7.60. The van der Waals surface area contributed by atoms with E-state index in [1.807, 2.05) is 18.7 Å². The molecule has 3 atom stereocenters. The predicted molar refractivity (Wildman–Crippen MR) is 74.6 cm³/mol. The lowest BCUT2D eigenvalue weighted by molar-refractivity contribution is -0.157. The molecule has 1 heterocycles. The van der Waals surface area contributed by atoms with Gasteiger partial charge in [0.05, 0.1) is 0 Å². The van der Waals surface area contributed by atoms with Gasteiger partial charge in [0.2, 0.25) is 11.8 Å². The van der Waals surface area contributed by atoms with Gasteiger partial charge in [-0.25, -0.2) is 0 Å². The van der Waals surface area contributed by atoms with E-state index in [9.17, 15) is 9.59 Å². The molecule has 4 heteroatoms. The molecule has 0 aromatic rings. The van der Waals surface area contributed by atoms with E-state index in [4.69, 9.17) is 0 Å². The number of amides is 2. The molecule has 0 aromatic heterocycles. The molecule has 2 rings (SSSR count). The van der Waals surface area contributed by atoms with Crippen LogP contribution in [0.4, 0.5) is 0 Å². The normalized spacial score (nSPS) is 33.3. The van der Waals surface area contributed by atoms with Crippen LogP contribution in [0.2, 0.25) is 0 Å². The van der Waals surface area contributed by atoms with Gasteiger partial charge in [0.25, 0.3) is 0 Å². The molecular formula is C15H26N2O2. The third-order valence-corrected chi connectivity index (χ3v) is 4.74. The molecule has 0 bridgehead atoms. The zero-order chi connectivity index (χ0) is 14.2. The number of piperazine rings is 1. The van der Waals surface area contributed by atoms with Crippen molar-refractivity contribution < 1.29 is 9.59 Å². The van der Waals surface area contributed by atoms with E-state index < -0.39 is 5.54 Å². The SMILES string of the molecule is CCCC(CC)N1C(=O)C(C)(C2CC2)NC(=O)C1C. The van der Waals surface area contributed by atoms with Gasteiger partial charge in [-0.3, -0.25) is 9.59 Å². The number of carbonyl (C=O) groups is 2. The molecule has 1 N–H and O–H groups in total. The van der Waals surface area contributed by atoms with E-state index in [0.29, 0.717) is 5.92 Å². The van der Waals surface area contributed by atoms with Crippen molar-refractivity contribution in [3.63, 3.8) is 0 Å². The van der Waals surface area contributed by atoms with E-state index in [2.05, 4.69) is 19.2 Å². The Morgan fingerprint density at radius 1 is 1.37 bits per heavy atom. The first-order chi connectivity index (χ1) is 8.95. The quantitative estimate of drug-likeness (QED) is 0.828. The number of rotatable bonds is 5. The summed E-state index contributed by atoms with van der Waals surface area (Å²) in [7, 11) is 0. The van der Waals surface area contributed by atoms with Crippen LogP contribution in [0.15, 0.2) is 0 Å². The lowest BCUT2D eigenvalue weighted by Crippen LogP contribution is -2.71. The van der Waals surface area contributed by atoms with Crippen molar-refractivity contribution in [1.29, 1.82) is 0 Å². The minimum absolute atomic E-state index is 0.00329. The second kappa shape index (κ2) is 5.14. The highest BCUT2D eigenvalue weighted by Gasteiger charge is 2.55. The van der Waals surface area contributed by atoms with Gasteiger partial charge in [0.15, 0.2) is 0 Å². The summed E-state index contributed by atoms with van der Waals surface area (Å²) in [6.45, 7) is 7.98. The fourth-order valence-corrected chi connectivity index (χ4v) is 3.28. The van der Waals surface area contributed by atoms with Gasteiger partial charge in [-0.1, -0.05) is 20.3 Å². The van der Waals surface area contributed by atoms with E-state index in [0.717, 1.165) is 32.1 Å². The molecule has 2 aliphatic rings. The Balaban J connectivity index is 2.27. The molecule has 4 nitrogen and oxygen atoms in total. The van der Waals surface area contributed by atoms with E-state index >= 15 is 0 Å². The van der Waals surface area contributed by atoms with E-state index in [1.54, 1.807) is 0 Å². The van der Waals surface area contributed by atoms with Crippen LogP contribution in [0, 0.1) is 5.92 Å². The standard InChI is InChI=1S/C15H26N2O2/c1-5-7-12(6-2)17-10(3)13(18)16-15(4,14(17)19)11-8-9-11/h10-12H,5-9H2,1-4H3,(H,16,18). The predicted octanol–water partition coefficient (Wildman–Crippen LogP) is 2.08. The Hall–Kier alpha value is -1.06. The van der Waals surface area contributed by atoms with Crippen molar-refractivity contribution in [2.45, 2.75) is 77.4 Å². The molecule has 3 unspecified atom stereocenters. The van der Waals surface area contributed by atoms with Crippen molar-refractivity contribution >= 4 is 11.8 Å². The number of nitrogens with zero attached hydrogens (tertiary/aromatic N) is 1. The minimum Gasteiger partial charge on any atom is -0.340 e. The van der Waals surface area contributed by atoms with Crippen LogP contribution in [-0.2, 0) is 9.59 Å². The molecule has 0 aromatic carbocycles. The lowest BCUT2D eigenvalue weighted by atomic mass is 9.88. The van der Waals surface area contributed by atoms with Crippen LogP contribution in [-0.4, -0.2) is 34.3 Å². The highest BCUT2D eigenvalue weighted by molar-refractivity contribution is 6.00. The van der Waals surface area contributed by atoms with Crippen LogP contribution in [0.5, 0.6) is 0 Å². The Kier molecular flexibility index (Phi) is 3.88. The van der Waals surface area contributed by atoms with Crippen molar-refractivity contribution in [3.05, 3.63) is 0 Å². The number of carbonyl (C=O) groups excluding carboxylic acids is 2. The Morgan fingerprint density at radius 3 is 2.47 bits per heavy atom. The highest BCUT2D eigenvalue weighted by Crippen LogP contribution is 2.42. The van der Waals surface area contributed by atoms with Crippen molar-refractivity contribution in [2.24, 2.45) is 5.92 Å². The molecular weight excluding hydrogens is 240 g/mol. The molecule has 108 valence electrons. The Morgan fingerprint density at radius 2 is 2.00 bits per heavy atom. The number of nitrogens with one attached hydrogen (secondary N) is 1. The molecule has 1 saturated carbocycles. The largest absolute Gasteiger partial charge is 0.340 e. The maximum Gasteiger partial charge on any atom is 0.249 e. The van der Waals surface area contributed by atoms with Gasteiger partial charge in [-0.2, -0.15) is 0 Å². The van der Waals surface area contributed by atoms with Gasteiger partial charge in [0.1, 0.15) is 11.6 Å². The average Bonchev–Trinajstić information content (AvgIpc) is 3.20. The summed E-state index contributed by atoms with van der Waals surface area (Å²) in [4.78, 5) is 27.0. The van der Waals surface area contributed by atoms with Gasteiger partial charge in [-0.05, 0) is 45.4 Å². The Labute approximate surface area is 115 Å². The lowest BCUT2D eigenvalue weighted by Gasteiger charge is -2.47. The molecule has 1 aliphatic heterocycles. The third kappa shape index (κ3) is 2.37. The van der Waals surface area contributed by atoms with Crippen molar-refractivity contribution in [3.8, 4) is 0 Å². The van der Waals surface area contributed by atoms with Gasteiger partial charge >= 0.3 is 0 Å².